The van der Waals surface area contributed by atoms with E-state index in [0.717, 1.165) is 48.9 Å². The van der Waals surface area contributed by atoms with Gasteiger partial charge in [0, 0.05) is 106 Å². The lowest BCUT2D eigenvalue weighted by molar-refractivity contribution is 0.866. The first-order valence-corrected chi connectivity index (χ1v) is 25.2. The molecule has 0 spiro atoms. The monoisotopic (exact) mass is 904 g/mol. The van der Waals surface area contributed by atoms with Gasteiger partial charge in [-0.25, -0.2) is 0 Å². The first-order valence-electron chi connectivity index (χ1n) is 25.2. The highest BCUT2D eigenvalue weighted by Crippen LogP contribution is 2.50. The zero-order valence-electron chi connectivity index (χ0n) is 40.3. The number of anilines is 14. The number of benzene rings is 9. The second-order valence-electron chi connectivity index (χ2n) is 18.8. The van der Waals surface area contributed by atoms with Crippen molar-refractivity contribution in [2.75, 3.05) is 55.6 Å². The van der Waals surface area contributed by atoms with E-state index in [-0.39, 0.29) is 13.4 Å². The maximum absolute atomic E-state index is 2.63. The Morgan fingerprint density at radius 2 is 0.571 bits per heavy atom. The van der Waals surface area contributed by atoms with E-state index in [1.54, 1.807) is 0 Å². The third-order valence-electron chi connectivity index (χ3n) is 15.4. The molecule has 4 aliphatic heterocycles. The number of para-hydroxylation sites is 6. The van der Waals surface area contributed by atoms with Crippen LogP contribution < -0.4 is 62.2 Å². The SMILES string of the molecule is CCN(CC)c1cc2c3c(c1)N(c1ccccc1)c1cc4c(cc1B3c1ccccc1N2c1ccccc1)B1c2ccccc2N(c2ccccc2)c2cc(N(CC)CC)cc(c21)N4c1ccccc1. The van der Waals surface area contributed by atoms with E-state index in [2.05, 4.69) is 263 Å². The molecule has 0 amide bonds. The second-order valence-corrected chi connectivity index (χ2v) is 18.8. The van der Waals surface area contributed by atoms with Gasteiger partial charge in [-0.1, -0.05) is 115 Å². The summed E-state index contributed by atoms with van der Waals surface area (Å²) >= 11 is 0. The molecule has 0 N–H and O–H groups in total. The largest absolute Gasteiger partial charge is 0.372 e. The Kier molecular flexibility index (Phi) is 10.1. The molecule has 0 aliphatic carbocycles. The highest BCUT2D eigenvalue weighted by Gasteiger charge is 2.48. The molecule has 0 bridgehead atoms. The van der Waals surface area contributed by atoms with Gasteiger partial charge in [0.2, 0.25) is 0 Å². The van der Waals surface area contributed by atoms with Crippen LogP contribution >= 0.6 is 0 Å². The Bertz CT molecular complexity index is 3210. The Labute approximate surface area is 413 Å². The summed E-state index contributed by atoms with van der Waals surface area (Å²) in [5.41, 5.74) is 24.7. The van der Waals surface area contributed by atoms with Crippen molar-refractivity contribution in [3.63, 3.8) is 0 Å². The quantitative estimate of drug-likeness (QED) is 0.126. The van der Waals surface area contributed by atoms with Crippen LogP contribution in [0.1, 0.15) is 27.7 Å². The van der Waals surface area contributed by atoms with Crippen LogP contribution in [-0.2, 0) is 0 Å². The summed E-state index contributed by atoms with van der Waals surface area (Å²) in [5.74, 6) is 0. The van der Waals surface area contributed by atoms with E-state index in [4.69, 9.17) is 0 Å². The second kappa shape index (κ2) is 16.8. The van der Waals surface area contributed by atoms with Gasteiger partial charge in [-0.05, 0) is 151 Å². The van der Waals surface area contributed by atoms with Crippen LogP contribution in [0.15, 0.2) is 206 Å². The molecule has 338 valence electrons. The Morgan fingerprint density at radius 1 is 0.286 bits per heavy atom. The van der Waals surface area contributed by atoms with E-state index in [9.17, 15) is 0 Å². The highest BCUT2D eigenvalue weighted by molar-refractivity contribution is 7.03. The van der Waals surface area contributed by atoms with Crippen LogP contribution in [0.5, 0.6) is 0 Å². The molecule has 0 aromatic heterocycles. The van der Waals surface area contributed by atoms with Gasteiger partial charge in [0.25, 0.3) is 13.4 Å². The molecule has 0 fully saturated rings. The summed E-state index contributed by atoms with van der Waals surface area (Å²) in [4.78, 5) is 15.2. The van der Waals surface area contributed by atoms with Crippen molar-refractivity contribution >= 4 is 126 Å². The fourth-order valence-electron chi connectivity index (χ4n) is 12.3. The first kappa shape index (κ1) is 42.0. The van der Waals surface area contributed by atoms with Gasteiger partial charge >= 0.3 is 0 Å². The molecule has 0 radical (unpaired) electrons. The molecular weight excluding hydrogens is 850 g/mol. The summed E-state index contributed by atoms with van der Waals surface area (Å²) in [6, 6.07) is 77.5. The number of nitrogens with zero attached hydrogens (tertiary/aromatic N) is 6. The van der Waals surface area contributed by atoms with E-state index in [1.165, 1.54) is 89.7 Å². The van der Waals surface area contributed by atoms with Gasteiger partial charge in [-0.15, -0.1) is 0 Å². The van der Waals surface area contributed by atoms with Crippen LogP contribution in [-0.4, -0.2) is 39.6 Å². The molecule has 0 saturated carbocycles. The standard InChI is InChI=1S/C62H54B2N6/c1-5-65(6-2)47-37-57-61-59(39-47)69(45-29-17-11-18-30-45)55-42-56-52(41-51(55)63(61)49-33-21-23-35-53(49)67(57)43-25-13-9-14-26-43)64-50-34-22-24-36-54(50)68(44-27-15-10-16-28-44)58-38-48(66(7-3)8-4)40-60(62(58)64)70(56)46-31-19-12-20-32-46/h9-42H,5-8H2,1-4H3. The van der Waals surface area contributed by atoms with E-state index in [0.29, 0.717) is 0 Å². The van der Waals surface area contributed by atoms with E-state index >= 15 is 0 Å². The van der Waals surface area contributed by atoms with Gasteiger partial charge in [0.15, 0.2) is 0 Å². The molecule has 13 rings (SSSR count). The molecule has 70 heavy (non-hydrogen) atoms. The number of hydrogen-bond acceptors (Lipinski definition) is 6. The Morgan fingerprint density at radius 3 is 0.886 bits per heavy atom. The Hall–Kier alpha value is -8.09. The Balaban J connectivity index is 1.16. The van der Waals surface area contributed by atoms with Crippen molar-refractivity contribution in [3.8, 4) is 0 Å². The van der Waals surface area contributed by atoms with Crippen LogP contribution in [0.2, 0.25) is 0 Å². The summed E-state index contributed by atoms with van der Waals surface area (Å²) in [7, 11) is 0. The molecule has 4 aliphatic rings. The van der Waals surface area contributed by atoms with Crippen molar-refractivity contribution < 1.29 is 0 Å². The van der Waals surface area contributed by atoms with Gasteiger partial charge in [-0.3, -0.25) is 0 Å². The van der Waals surface area contributed by atoms with Crippen molar-refractivity contribution in [3.05, 3.63) is 206 Å². The van der Waals surface area contributed by atoms with Crippen molar-refractivity contribution in [1.29, 1.82) is 0 Å². The molecule has 9 aromatic carbocycles. The average Bonchev–Trinajstić information content (AvgIpc) is 3.42. The fourth-order valence-corrected chi connectivity index (χ4v) is 12.3. The predicted octanol–water partition coefficient (Wildman–Crippen LogP) is 11.5. The molecule has 8 heteroatoms. The molecule has 0 unspecified atom stereocenters. The van der Waals surface area contributed by atoms with Gasteiger partial charge in [0.05, 0.1) is 0 Å². The molecule has 6 nitrogen and oxygen atoms in total. The highest BCUT2D eigenvalue weighted by atomic mass is 15.2. The predicted molar refractivity (Wildman–Crippen MR) is 302 cm³/mol. The van der Waals surface area contributed by atoms with Crippen LogP contribution in [0.25, 0.3) is 0 Å². The summed E-state index contributed by atoms with van der Waals surface area (Å²) in [5, 5.41) is 0. The van der Waals surface area contributed by atoms with Gasteiger partial charge in [0.1, 0.15) is 0 Å². The summed E-state index contributed by atoms with van der Waals surface area (Å²) in [6.07, 6.45) is 0. The molecule has 4 heterocycles. The third kappa shape index (κ3) is 6.28. The number of hydrogen-bond donors (Lipinski definition) is 0. The minimum absolute atomic E-state index is 0.0390. The zero-order valence-corrected chi connectivity index (χ0v) is 40.3. The van der Waals surface area contributed by atoms with Crippen LogP contribution in [0.4, 0.5) is 79.6 Å². The maximum Gasteiger partial charge on any atom is 0.252 e. The number of fused-ring (bicyclic) bond motifs is 8. The zero-order chi connectivity index (χ0) is 47.0. The average molecular weight is 905 g/mol. The van der Waals surface area contributed by atoms with Gasteiger partial charge < -0.3 is 29.4 Å². The molecule has 0 atom stereocenters. The molecule has 9 aromatic rings. The first-order chi connectivity index (χ1) is 34.6. The minimum atomic E-state index is -0.0390. The lowest BCUT2D eigenvalue weighted by Gasteiger charge is -2.47. The molecular formula is C62H54B2N6. The van der Waals surface area contributed by atoms with E-state index in [1.807, 2.05) is 0 Å². The summed E-state index contributed by atoms with van der Waals surface area (Å²) < 4.78 is 0. The van der Waals surface area contributed by atoms with Gasteiger partial charge in [-0.2, -0.15) is 0 Å². The normalized spacial score (nSPS) is 13.5. The van der Waals surface area contributed by atoms with Crippen LogP contribution in [0.3, 0.4) is 0 Å². The van der Waals surface area contributed by atoms with Crippen molar-refractivity contribution in [2.24, 2.45) is 0 Å². The third-order valence-corrected chi connectivity index (χ3v) is 15.4. The lowest BCUT2D eigenvalue weighted by Crippen LogP contribution is -2.65. The smallest absolute Gasteiger partial charge is 0.252 e. The van der Waals surface area contributed by atoms with Crippen molar-refractivity contribution in [2.45, 2.75) is 27.7 Å². The lowest BCUT2D eigenvalue weighted by atomic mass is 9.30. The van der Waals surface area contributed by atoms with Crippen LogP contribution in [0, 0.1) is 0 Å². The number of rotatable bonds is 10. The maximum atomic E-state index is 2.63. The topological polar surface area (TPSA) is 19.4 Å². The molecule has 0 saturated heterocycles. The summed E-state index contributed by atoms with van der Waals surface area (Å²) in [6.45, 7) is 12.6. The van der Waals surface area contributed by atoms with E-state index < -0.39 is 0 Å². The minimum Gasteiger partial charge on any atom is -0.372 e. The fraction of sp³-hybridized carbons (Fsp3) is 0.129. The van der Waals surface area contributed by atoms with Crippen molar-refractivity contribution in [1.82, 2.24) is 0 Å².